The van der Waals surface area contributed by atoms with Crippen molar-refractivity contribution in [3.63, 3.8) is 0 Å². The van der Waals surface area contributed by atoms with E-state index in [9.17, 15) is 44.4 Å². The number of fused-ring (bicyclic) bond motifs is 1. The molecule has 5 aliphatic rings. The molecule has 0 saturated carbocycles. The van der Waals surface area contributed by atoms with E-state index >= 15 is 0 Å². The third-order valence-electron chi connectivity index (χ3n) is 23.9. The smallest absolute Gasteiger partial charge is 0.308 e. The molecule has 8 aromatic carbocycles. The van der Waals surface area contributed by atoms with Gasteiger partial charge < -0.3 is 92.1 Å². The summed E-state index contributed by atoms with van der Waals surface area (Å²) in [6.45, 7) is 11.9. The van der Waals surface area contributed by atoms with Crippen molar-refractivity contribution >= 4 is 35.5 Å². The predicted molar refractivity (Wildman–Crippen MR) is 486 cm³/mol. The van der Waals surface area contributed by atoms with Gasteiger partial charge in [0.25, 0.3) is 0 Å². The number of aliphatic carboxylic acids is 4. The first kappa shape index (κ1) is 99.3. The molecular weight excluding hydrogens is 1610 g/mol. The van der Waals surface area contributed by atoms with Crippen molar-refractivity contribution in [2.24, 2.45) is 30.7 Å². The van der Waals surface area contributed by atoms with Crippen LogP contribution in [-0.2, 0) is 31.0 Å². The van der Waals surface area contributed by atoms with E-state index in [2.05, 4.69) is 21.6 Å². The fraction of sp³-hybridized carbons (Fsp3) is 0.420. The molecule has 12 atom stereocenters. The van der Waals surface area contributed by atoms with E-state index in [1.54, 1.807) is 61.8 Å². The van der Waals surface area contributed by atoms with Gasteiger partial charge in [-0.25, -0.2) is 4.57 Å². The van der Waals surface area contributed by atoms with Gasteiger partial charge in [0, 0.05) is 86.6 Å². The number of aromatic nitrogens is 1. The van der Waals surface area contributed by atoms with Gasteiger partial charge in [0.05, 0.1) is 93.7 Å². The number of carboxylic acid groups (broad SMARTS) is 4. The molecule has 0 radical (unpaired) electrons. The maximum absolute atomic E-state index is 14.0. The second-order valence-electron chi connectivity index (χ2n) is 31.4. The molecule has 4 saturated heterocycles. The van der Waals surface area contributed by atoms with Crippen LogP contribution in [0.3, 0.4) is 0 Å². The van der Waals surface area contributed by atoms with Crippen LogP contribution in [0.2, 0.25) is 0 Å². The summed E-state index contributed by atoms with van der Waals surface area (Å²) in [6, 6.07) is 67.0. The van der Waals surface area contributed by atoms with Gasteiger partial charge in [-0.05, 0) is 179 Å². The van der Waals surface area contributed by atoms with Crippen LogP contribution in [0.1, 0.15) is 112 Å². The quantitative estimate of drug-likeness (QED) is 0.0317. The molecule has 0 bridgehead atoms. The summed E-state index contributed by atoms with van der Waals surface area (Å²) in [4.78, 5) is 72.0. The summed E-state index contributed by atoms with van der Waals surface area (Å²) in [6.07, 6.45) is 8.60. The predicted octanol–water partition coefficient (Wildman–Crippen LogP) is 15.7. The molecule has 9 aromatic rings. The van der Waals surface area contributed by atoms with Gasteiger partial charge in [-0.2, -0.15) is 0 Å². The summed E-state index contributed by atoms with van der Waals surface area (Å²) in [5, 5.41) is 39.2. The summed E-state index contributed by atoms with van der Waals surface area (Å²) >= 11 is 0. The highest BCUT2D eigenvalue weighted by atomic mass is 16.7. The summed E-state index contributed by atoms with van der Waals surface area (Å²) in [5.74, 6) is 2.61. The first-order valence-electron chi connectivity index (χ1n) is 42.8. The number of ether oxygens (including phenoxy) is 11. The lowest BCUT2D eigenvalue weighted by molar-refractivity contribution is -0.670. The third-order valence-corrected chi connectivity index (χ3v) is 23.9. The molecule has 0 spiro atoms. The van der Waals surface area contributed by atoms with Crippen LogP contribution >= 0.6 is 0 Å². The van der Waals surface area contributed by atoms with Gasteiger partial charge in [0.2, 0.25) is 18.4 Å². The molecule has 678 valence electrons. The van der Waals surface area contributed by atoms with Crippen molar-refractivity contribution in [1.29, 1.82) is 0 Å². The lowest BCUT2D eigenvalue weighted by Crippen LogP contribution is -2.45. The molecule has 26 nitrogen and oxygen atoms in total. The van der Waals surface area contributed by atoms with E-state index in [0.29, 0.717) is 48.3 Å². The second kappa shape index (κ2) is 50.8. The molecule has 0 unspecified atom stereocenters. The molecule has 4 N–H and O–H groups in total. The van der Waals surface area contributed by atoms with Crippen LogP contribution in [0.15, 0.2) is 225 Å². The molecule has 5 aliphatic heterocycles. The van der Waals surface area contributed by atoms with E-state index < -0.39 is 41.8 Å². The number of para-hydroxylation sites is 5. The number of unbranched alkanes of at least 4 members (excludes halogenated alkanes) is 1. The Morgan fingerprint density at radius 2 is 0.778 bits per heavy atom. The number of anilines is 1. The number of rotatable bonds is 29. The lowest BCUT2D eigenvalue weighted by atomic mass is 9.84. The van der Waals surface area contributed by atoms with E-state index in [0.717, 1.165) is 114 Å². The van der Waals surface area contributed by atoms with Crippen molar-refractivity contribution in [2.75, 3.05) is 136 Å². The number of carboxylic acids is 4. The van der Waals surface area contributed by atoms with Crippen LogP contribution < -0.4 is 61.6 Å². The SMILES string of the molecule is CCCCN(C(=O)CN1C[C@H](c2cc(OC)c3c(c2)OCO3)[C@@H](C(=O)O)[C@@H]1CCOc1ccccc1OC)c1ccc[n+](C)c1.CC[C@H]1[C@H](C(=O)O)[C@@H](c2ccc(OC)cc2)CN1C.CC[C@H]1[C@H](C(=O)O)[C@@H](c2ccc(OC)cc2)CN1C.CC[C@H]1[C@H](C(=O)O)[C@@H](c2ccc(OC)cc2)CN1C.COc1ccccc1.COc1ccccc1.COc1ccccc1. The number of nitrogens with zero attached hydrogens (tertiary/aromatic N) is 6. The van der Waals surface area contributed by atoms with E-state index in [4.69, 9.17) is 52.1 Å². The minimum absolute atomic E-state index is 0.0540. The first-order chi connectivity index (χ1) is 60.9. The number of likely N-dealkylation sites (N-methyl/N-ethyl adjacent to an activating group) is 3. The second-order valence-corrected chi connectivity index (χ2v) is 31.4. The van der Waals surface area contributed by atoms with Gasteiger partial charge in [-0.15, -0.1) is 0 Å². The number of benzene rings is 8. The largest absolute Gasteiger partial charge is 0.497 e. The number of carbonyl (C=O) groups excluding carboxylic acids is 1. The van der Waals surface area contributed by atoms with Crippen LogP contribution in [0.4, 0.5) is 5.69 Å². The van der Waals surface area contributed by atoms with Gasteiger partial charge in [0.15, 0.2) is 35.4 Å². The monoisotopic (exact) mass is 1730 g/mol. The highest BCUT2D eigenvalue weighted by molar-refractivity contribution is 5.94. The molecule has 26 heteroatoms. The van der Waals surface area contributed by atoms with Crippen molar-refractivity contribution in [1.82, 2.24) is 19.6 Å². The fourth-order valence-corrected chi connectivity index (χ4v) is 17.5. The minimum atomic E-state index is -0.938. The summed E-state index contributed by atoms with van der Waals surface area (Å²) in [7, 11) is 20.9. The van der Waals surface area contributed by atoms with Crippen molar-refractivity contribution in [3.05, 3.63) is 247 Å². The summed E-state index contributed by atoms with van der Waals surface area (Å²) < 4.78 is 60.4. The van der Waals surface area contributed by atoms with Gasteiger partial charge in [-0.1, -0.05) is 137 Å². The highest BCUT2D eigenvalue weighted by Crippen LogP contribution is 2.48. The van der Waals surface area contributed by atoms with Gasteiger partial charge in [-0.3, -0.25) is 28.9 Å². The zero-order chi connectivity index (χ0) is 91.4. The minimum Gasteiger partial charge on any atom is -0.497 e. The molecule has 126 heavy (non-hydrogen) atoms. The molecule has 1 amide bonds. The van der Waals surface area contributed by atoms with Crippen molar-refractivity contribution in [2.45, 2.75) is 114 Å². The Morgan fingerprint density at radius 1 is 0.413 bits per heavy atom. The maximum atomic E-state index is 14.0. The van der Waals surface area contributed by atoms with Crippen LogP contribution in [0.25, 0.3) is 0 Å². The van der Waals surface area contributed by atoms with Crippen LogP contribution in [0.5, 0.6) is 63.2 Å². The van der Waals surface area contributed by atoms with E-state index in [-0.39, 0.29) is 79.5 Å². The molecule has 1 aromatic heterocycles. The Kier molecular flexibility index (Phi) is 40.0. The Balaban J connectivity index is 0.000000202. The topological polar surface area (TPSA) is 288 Å². The molecular formula is C100H129N6O20+. The number of pyridine rings is 1. The Bertz CT molecular complexity index is 4470. The van der Waals surface area contributed by atoms with E-state index in [1.807, 2.05) is 283 Å². The summed E-state index contributed by atoms with van der Waals surface area (Å²) in [5.41, 5.74) is 4.80. The number of likely N-dealkylation sites (tertiary alicyclic amines) is 4. The number of hydrogen-bond acceptors (Lipinski definition) is 20. The normalized spacial score (nSPS) is 20.8. The number of methoxy groups -OCH3 is 8. The fourth-order valence-electron chi connectivity index (χ4n) is 17.5. The number of aryl methyl sites for hydroxylation is 1. The highest BCUT2D eigenvalue weighted by Gasteiger charge is 2.50. The van der Waals surface area contributed by atoms with Crippen molar-refractivity contribution in [3.8, 4) is 63.2 Å². The van der Waals surface area contributed by atoms with Crippen molar-refractivity contribution < 1.29 is 101 Å². The number of amides is 1. The maximum Gasteiger partial charge on any atom is 0.308 e. The van der Waals surface area contributed by atoms with Gasteiger partial charge in [0.1, 0.15) is 47.2 Å². The Hall–Kier alpha value is -12.1. The molecule has 14 rings (SSSR count). The third kappa shape index (κ3) is 27.2. The average molecular weight is 1740 g/mol. The van der Waals surface area contributed by atoms with E-state index in [1.165, 1.54) is 0 Å². The lowest BCUT2D eigenvalue weighted by Gasteiger charge is -2.29. The Labute approximate surface area is 743 Å². The molecule has 6 heterocycles. The standard InChI is InChI=1S/C34H41N3O8.3C15H21NO3.3C7H8O/c1-5-6-15-37(24-10-9-14-35(2)19-24)31(38)21-36-20-25(23-17-29(42-4)33-30(18-23)44-22-45-33)32(34(39)40)26(36)13-16-43-28-12-8-7-11-27(28)41-3;3*1-4-13-14(15(17)18)12(9-16(13)2)10-5-7-11(19-3)8-6-10;3*1-8-7-5-3-2-4-6-7/h7-12,14,17-19,25-26,32H,5-6,13,15-16,20-22H2,1-4H3;3*5-8,12-14H,4,9H2,1-3H3,(H,17,18);3*2-6H,1H3/p+1/t25-,26+,32-;3*12-,13+,14-;;;/m1111.../s1. The zero-order valence-corrected chi connectivity index (χ0v) is 75.7. The van der Waals surface area contributed by atoms with Crippen LogP contribution in [-0.4, -0.2) is 225 Å². The first-order valence-corrected chi connectivity index (χ1v) is 42.8. The molecule has 4 fully saturated rings. The van der Waals surface area contributed by atoms with Crippen LogP contribution in [0, 0.1) is 23.7 Å². The number of hydrogen-bond donors (Lipinski definition) is 4. The Morgan fingerprint density at radius 3 is 1.13 bits per heavy atom. The zero-order valence-electron chi connectivity index (χ0n) is 75.7. The number of carbonyl (C=O) groups is 5. The average Bonchev–Trinajstić information content (AvgIpc) is 1.62. The van der Waals surface area contributed by atoms with Gasteiger partial charge >= 0.3 is 23.9 Å². The molecule has 0 aliphatic carbocycles.